The first kappa shape index (κ1) is 18.7. The summed E-state index contributed by atoms with van der Waals surface area (Å²) in [6, 6.07) is 3.15. The zero-order chi connectivity index (χ0) is 18.4. The number of hydrogen-bond donors (Lipinski definition) is 3. The van der Waals surface area contributed by atoms with E-state index in [0.29, 0.717) is 29.3 Å². The Morgan fingerprint density at radius 1 is 1.12 bits per heavy atom. The van der Waals surface area contributed by atoms with Gasteiger partial charge in [-0.05, 0) is 19.4 Å². The van der Waals surface area contributed by atoms with Gasteiger partial charge in [0.2, 0.25) is 6.79 Å². The number of anilines is 1. The molecule has 1 unspecified atom stereocenters. The van der Waals surface area contributed by atoms with Crippen LogP contribution in [0.2, 0.25) is 0 Å². The van der Waals surface area contributed by atoms with Gasteiger partial charge in [0.25, 0.3) is 11.8 Å². The Hall–Kier alpha value is -2.61. The molecule has 0 spiro atoms. The molecule has 0 saturated heterocycles. The zero-order valence-corrected chi connectivity index (χ0v) is 14.7. The maximum Gasteiger partial charge on any atom is 0.279 e. The normalized spacial score (nSPS) is 13.2. The van der Waals surface area contributed by atoms with Crippen LogP contribution in [0.4, 0.5) is 5.69 Å². The molecular formula is C17H24N3O5+. The zero-order valence-electron chi connectivity index (χ0n) is 14.7. The Bertz CT molecular complexity index is 674. The Morgan fingerprint density at radius 3 is 2.40 bits per heavy atom. The van der Waals surface area contributed by atoms with Gasteiger partial charge in [-0.1, -0.05) is 6.92 Å². The molecule has 25 heavy (non-hydrogen) atoms. The highest BCUT2D eigenvalue weighted by Crippen LogP contribution is 2.37. The van der Waals surface area contributed by atoms with E-state index >= 15 is 0 Å². The molecule has 0 saturated carbocycles. The molecule has 8 heteroatoms. The molecule has 0 bridgehead atoms. The number of fused-ring (bicyclic) bond motifs is 1. The Balaban J connectivity index is 1.98. The Kier molecular flexibility index (Phi) is 6.35. The molecule has 0 radical (unpaired) electrons. The van der Waals surface area contributed by atoms with E-state index in [0.717, 1.165) is 11.3 Å². The number of Topliss-reactive ketones (excluding diaryl/α,β-unsaturated/α-hetero) is 1. The van der Waals surface area contributed by atoms with E-state index in [9.17, 15) is 14.4 Å². The van der Waals surface area contributed by atoms with Crippen molar-refractivity contribution in [3.63, 3.8) is 0 Å². The minimum Gasteiger partial charge on any atom is -0.454 e. The van der Waals surface area contributed by atoms with Crippen molar-refractivity contribution in [2.75, 3.05) is 38.8 Å². The van der Waals surface area contributed by atoms with Gasteiger partial charge in [-0.15, -0.1) is 0 Å². The number of quaternary nitrogens is 1. The van der Waals surface area contributed by atoms with E-state index in [4.69, 9.17) is 9.47 Å². The summed E-state index contributed by atoms with van der Waals surface area (Å²) in [6.07, 6.45) is 0.864. The number of hydrogen-bond acceptors (Lipinski definition) is 5. The Morgan fingerprint density at radius 2 is 1.76 bits per heavy atom. The van der Waals surface area contributed by atoms with Gasteiger partial charge >= 0.3 is 0 Å². The van der Waals surface area contributed by atoms with Crippen molar-refractivity contribution in [3.8, 4) is 11.5 Å². The molecule has 1 aromatic rings. The van der Waals surface area contributed by atoms with Crippen molar-refractivity contribution >= 4 is 23.3 Å². The van der Waals surface area contributed by atoms with Crippen LogP contribution in [0.3, 0.4) is 0 Å². The molecule has 3 N–H and O–H groups in total. The van der Waals surface area contributed by atoms with Crippen molar-refractivity contribution < 1.29 is 28.8 Å². The van der Waals surface area contributed by atoms with Crippen molar-refractivity contribution in [2.45, 2.75) is 20.3 Å². The number of carbonyl (C=O) groups excluding carboxylic acids is 3. The van der Waals surface area contributed by atoms with Crippen molar-refractivity contribution in [2.24, 2.45) is 0 Å². The third-order valence-electron chi connectivity index (χ3n) is 3.66. The molecule has 1 aliphatic heterocycles. The van der Waals surface area contributed by atoms with E-state index < -0.39 is 0 Å². The molecule has 0 aromatic heterocycles. The summed E-state index contributed by atoms with van der Waals surface area (Å²) in [6.45, 7) is 4.41. The largest absolute Gasteiger partial charge is 0.454 e. The fourth-order valence-electron chi connectivity index (χ4n) is 2.47. The van der Waals surface area contributed by atoms with Crippen molar-refractivity contribution in [1.29, 1.82) is 0 Å². The minimum absolute atomic E-state index is 0.0871. The standard InChI is InChI=1S/C17H23N3O5/c1-4-5-18-16(22)8-20(3)9-17(23)19-13-7-15-14(24-10-25-15)6-12(13)11(2)21/h6-7H,4-5,8-10H2,1-3H3,(H,18,22)(H,19,23)/p+1. The summed E-state index contributed by atoms with van der Waals surface area (Å²) in [4.78, 5) is 36.5. The van der Waals surface area contributed by atoms with Crippen LogP contribution < -0.4 is 25.0 Å². The van der Waals surface area contributed by atoms with Gasteiger partial charge in [0.1, 0.15) is 0 Å². The number of ether oxygens (including phenoxy) is 2. The van der Waals surface area contributed by atoms with Gasteiger partial charge < -0.3 is 25.0 Å². The van der Waals surface area contributed by atoms with Gasteiger partial charge in [-0.3, -0.25) is 14.4 Å². The smallest absolute Gasteiger partial charge is 0.279 e. The molecule has 1 aliphatic rings. The lowest BCUT2D eigenvalue weighted by molar-refractivity contribution is -0.862. The van der Waals surface area contributed by atoms with Crippen LogP contribution in [0.25, 0.3) is 0 Å². The SMILES string of the molecule is CCCNC(=O)C[NH+](C)CC(=O)Nc1cc2c(cc1C(C)=O)OCO2. The predicted molar refractivity (Wildman–Crippen MR) is 91.1 cm³/mol. The second kappa shape index (κ2) is 8.48. The quantitative estimate of drug-likeness (QED) is 0.554. The average Bonchev–Trinajstić information content (AvgIpc) is 2.98. The molecule has 1 heterocycles. The van der Waals surface area contributed by atoms with E-state index in [-0.39, 0.29) is 37.5 Å². The van der Waals surface area contributed by atoms with Gasteiger partial charge in [0.05, 0.1) is 12.7 Å². The van der Waals surface area contributed by atoms with Gasteiger partial charge in [0, 0.05) is 18.2 Å². The summed E-state index contributed by atoms with van der Waals surface area (Å²) in [5.41, 5.74) is 0.737. The summed E-state index contributed by atoms with van der Waals surface area (Å²) >= 11 is 0. The maximum atomic E-state index is 12.2. The molecule has 1 aromatic carbocycles. The molecule has 2 rings (SSSR count). The first-order valence-corrected chi connectivity index (χ1v) is 8.23. The summed E-state index contributed by atoms with van der Waals surface area (Å²) < 4.78 is 10.5. The van der Waals surface area contributed by atoms with Gasteiger partial charge in [-0.25, -0.2) is 0 Å². The fraction of sp³-hybridized carbons (Fsp3) is 0.471. The average molecular weight is 350 g/mol. The van der Waals surface area contributed by atoms with Crippen LogP contribution in [0.5, 0.6) is 11.5 Å². The number of carbonyl (C=O) groups is 3. The molecular weight excluding hydrogens is 326 g/mol. The van der Waals surface area contributed by atoms with Crippen LogP contribution in [0.15, 0.2) is 12.1 Å². The molecule has 8 nitrogen and oxygen atoms in total. The summed E-state index contributed by atoms with van der Waals surface area (Å²) in [7, 11) is 1.76. The summed E-state index contributed by atoms with van der Waals surface area (Å²) in [5, 5.41) is 5.49. The van der Waals surface area contributed by atoms with Crippen LogP contribution in [-0.2, 0) is 9.59 Å². The second-order valence-corrected chi connectivity index (χ2v) is 6.02. The number of rotatable bonds is 8. The van der Waals surface area contributed by atoms with Crippen molar-refractivity contribution in [1.82, 2.24) is 5.32 Å². The fourth-order valence-corrected chi connectivity index (χ4v) is 2.47. The van der Waals surface area contributed by atoms with Crippen LogP contribution in [0.1, 0.15) is 30.6 Å². The molecule has 0 fully saturated rings. The third kappa shape index (κ3) is 5.18. The van der Waals surface area contributed by atoms with E-state index in [1.54, 1.807) is 19.2 Å². The van der Waals surface area contributed by atoms with Gasteiger partial charge in [0.15, 0.2) is 30.4 Å². The monoisotopic (exact) mass is 350 g/mol. The third-order valence-corrected chi connectivity index (χ3v) is 3.66. The van der Waals surface area contributed by atoms with E-state index in [2.05, 4.69) is 10.6 Å². The Labute approximate surface area is 146 Å². The maximum absolute atomic E-state index is 12.2. The highest BCUT2D eigenvalue weighted by atomic mass is 16.7. The molecule has 1 atom stereocenters. The van der Waals surface area contributed by atoms with Gasteiger partial charge in [-0.2, -0.15) is 0 Å². The van der Waals surface area contributed by atoms with Crippen molar-refractivity contribution in [3.05, 3.63) is 17.7 Å². The molecule has 136 valence electrons. The molecule has 0 aliphatic carbocycles. The van der Waals surface area contributed by atoms with E-state index in [1.807, 2.05) is 6.92 Å². The van der Waals surface area contributed by atoms with Crippen LogP contribution in [-0.4, -0.2) is 51.1 Å². The number of amides is 2. The lowest BCUT2D eigenvalue weighted by atomic mass is 10.1. The number of benzene rings is 1. The highest BCUT2D eigenvalue weighted by Gasteiger charge is 2.21. The first-order chi connectivity index (χ1) is 11.9. The lowest BCUT2D eigenvalue weighted by Gasteiger charge is -2.15. The topological polar surface area (TPSA) is 98.2 Å². The highest BCUT2D eigenvalue weighted by molar-refractivity contribution is 6.04. The predicted octanol–water partition coefficient (Wildman–Crippen LogP) is -0.403. The van der Waals surface area contributed by atoms with E-state index in [1.165, 1.54) is 6.92 Å². The van der Waals surface area contributed by atoms with Crippen LogP contribution in [0, 0.1) is 0 Å². The van der Waals surface area contributed by atoms with Crippen LogP contribution >= 0.6 is 0 Å². The summed E-state index contributed by atoms with van der Waals surface area (Å²) in [5.74, 6) is 0.397. The number of ketones is 1. The first-order valence-electron chi connectivity index (χ1n) is 8.23. The lowest BCUT2D eigenvalue weighted by Crippen LogP contribution is -3.11. The minimum atomic E-state index is -0.290. The second-order valence-electron chi connectivity index (χ2n) is 6.02. The number of likely N-dealkylation sites (N-methyl/N-ethyl adjacent to an activating group) is 1. The number of nitrogens with one attached hydrogen (secondary N) is 3. The molecule has 2 amide bonds.